The zero-order chi connectivity index (χ0) is 20.1. The molecule has 2 atom stereocenters. The van der Waals surface area contributed by atoms with E-state index in [0.29, 0.717) is 29.4 Å². The molecule has 2 amide bonds. The molecule has 0 bridgehead atoms. The van der Waals surface area contributed by atoms with Gasteiger partial charge in [0.25, 0.3) is 0 Å². The number of anilines is 1. The number of pyridine rings is 1. The first-order valence-corrected chi connectivity index (χ1v) is 10.3. The average molecular weight is 400 g/mol. The van der Waals surface area contributed by atoms with Gasteiger partial charge in [0, 0.05) is 23.2 Å². The van der Waals surface area contributed by atoms with Crippen molar-refractivity contribution in [3.63, 3.8) is 0 Å². The summed E-state index contributed by atoms with van der Waals surface area (Å²) in [4.78, 5) is 18.6. The monoisotopic (exact) mass is 400 g/mol. The summed E-state index contributed by atoms with van der Waals surface area (Å²) in [6.45, 7) is 3.04. The predicted octanol–water partition coefficient (Wildman–Crippen LogP) is 3.53. The second kappa shape index (κ2) is 8.93. The molecule has 1 saturated heterocycles. The summed E-state index contributed by atoms with van der Waals surface area (Å²) in [7, 11) is -1.29. The van der Waals surface area contributed by atoms with Crippen molar-refractivity contribution >= 4 is 22.5 Å². The largest absolute Gasteiger partial charge is 0.325 e. The molecule has 2 heterocycles. The maximum Gasteiger partial charge on any atom is 0.321 e. The minimum absolute atomic E-state index is 0.116. The third-order valence-electron chi connectivity index (χ3n) is 4.99. The number of amides is 2. The van der Waals surface area contributed by atoms with Crippen molar-refractivity contribution in [1.82, 2.24) is 9.88 Å². The van der Waals surface area contributed by atoms with Gasteiger partial charge in [0.2, 0.25) is 0 Å². The predicted molar refractivity (Wildman–Crippen MR) is 105 cm³/mol. The number of rotatable bonds is 4. The molecule has 0 aliphatic carbocycles. The molecule has 1 aliphatic rings. The molecule has 1 aliphatic heterocycles. The fourth-order valence-corrected chi connectivity index (χ4v) is 4.78. The molecule has 2 unspecified atom stereocenters. The Labute approximate surface area is 165 Å². The quantitative estimate of drug-likeness (QED) is 0.851. The van der Waals surface area contributed by atoms with Crippen LogP contribution >= 0.6 is 0 Å². The molecular formula is C20H21FN4O2S. The number of aromatic nitrogens is 1. The first kappa shape index (κ1) is 20.0. The van der Waals surface area contributed by atoms with Gasteiger partial charge in [-0.1, -0.05) is 13.0 Å². The van der Waals surface area contributed by atoms with Crippen LogP contribution in [0, 0.1) is 23.1 Å². The van der Waals surface area contributed by atoms with E-state index in [0.717, 1.165) is 12.8 Å². The van der Waals surface area contributed by atoms with Crippen LogP contribution in [0.4, 0.5) is 14.9 Å². The molecule has 0 saturated carbocycles. The number of urea groups is 1. The number of benzene rings is 1. The molecular weight excluding hydrogens is 379 g/mol. The second-order valence-corrected chi connectivity index (χ2v) is 8.57. The van der Waals surface area contributed by atoms with E-state index in [-0.39, 0.29) is 23.0 Å². The Hall–Kier alpha value is -2.79. The lowest BCUT2D eigenvalue weighted by atomic mass is 9.94. The molecule has 0 spiro atoms. The average Bonchev–Trinajstić information content (AvgIpc) is 2.73. The van der Waals surface area contributed by atoms with E-state index in [1.807, 2.05) is 13.0 Å². The minimum Gasteiger partial charge on any atom is -0.325 e. The number of nitrogens with zero attached hydrogens (tertiary/aromatic N) is 3. The van der Waals surface area contributed by atoms with Gasteiger partial charge >= 0.3 is 6.03 Å². The lowest BCUT2D eigenvalue weighted by Gasteiger charge is -2.34. The number of carbonyl (C=O) groups excluding carboxylic acids is 1. The van der Waals surface area contributed by atoms with E-state index in [4.69, 9.17) is 5.26 Å². The van der Waals surface area contributed by atoms with Crippen LogP contribution in [0.25, 0.3) is 0 Å². The lowest BCUT2D eigenvalue weighted by molar-refractivity contribution is 0.182. The smallest absolute Gasteiger partial charge is 0.321 e. The normalized spacial score (nSPS) is 16.8. The van der Waals surface area contributed by atoms with E-state index >= 15 is 0 Å². The Morgan fingerprint density at radius 3 is 2.71 bits per heavy atom. The highest BCUT2D eigenvalue weighted by Crippen LogP contribution is 2.27. The minimum atomic E-state index is -1.29. The Bertz CT molecular complexity index is 905. The van der Waals surface area contributed by atoms with Crippen LogP contribution in [0.5, 0.6) is 0 Å². The topological polar surface area (TPSA) is 86.1 Å². The zero-order valence-corrected chi connectivity index (χ0v) is 16.3. The van der Waals surface area contributed by atoms with E-state index in [9.17, 15) is 13.4 Å². The van der Waals surface area contributed by atoms with Gasteiger partial charge in [0.15, 0.2) is 0 Å². The summed E-state index contributed by atoms with van der Waals surface area (Å²) in [6.07, 6.45) is 2.93. The summed E-state index contributed by atoms with van der Waals surface area (Å²) in [5.74, 6) is -0.188. The van der Waals surface area contributed by atoms with Crippen LogP contribution in [-0.4, -0.2) is 38.5 Å². The van der Waals surface area contributed by atoms with Crippen molar-refractivity contribution in [1.29, 1.82) is 5.26 Å². The molecule has 8 heteroatoms. The summed E-state index contributed by atoms with van der Waals surface area (Å²) in [6, 6.07) is 10.8. The van der Waals surface area contributed by atoms with Gasteiger partial charge < -0.3 is 10.2 Å². The lowest BCUT2D eigenvalue weighted by Crippen LogP contribution is -2.43. The number of piperidine rings is 1. The van der Waals surface area contributed by atoms with Gasteiger partial charge in [-0.2, -0.15) is 5.26 Å². The van der Waals surface area contributed by atoms with Crippen molar-refractivity contribution in [2.24, 2.45) is 5.92 Å². The number of hydrogen-bond donors (Lipinski definition) is 1. The van der Waals surface area contributed by atoms with E-state index in [1.165, 1.54) is 18.3 Å². The van der Waals surface area contributed by atoms with Crippen molar-refractivity contribution < 1.29 is 13.4 Å². The maximum atomic E-state index is 13.4. The maximum absolute atomic E-state index is 13.4. The van der Waals surface area contributed by atoms with Crippen LogP contribution in [0.2, 0.25) is 0 Å². The summed E-state index contributed by atoms with van der Waals surface area (Å²) in [5.41, 5.74) is 0.825. The third-order valence-corrected chi connectivity index (χ3v) is 6.76. The number of nitrogens with one attached hydrogen (secondary N) is 1. The van der Waals surface area contributed by atoms with Crippen LogP contribution in [-0.2, 0) is 10.8 Å². The van der Waals surface area contributed by atoms with Crippen molar-refractivity contribution in [2.45, 2.75) is 29.9 Å². The fourth-order valence-electron chi connectivity index (χ4n) is 3.29. The molecule has 1 N–H and O–H groups in total. The van der Waals surface area contributed by atoms with Crippen LogP contribution < -0.4 is 5.32 Å². The van der Waals surface area contributed by atoms with Gasteiger partial charge in [-0.05, 0) is 49.1 Å². The van der Waals surface area contributed by atoms with Gasteiger partial charge in [-0.3, -0.25) is 4.21 Å². The summed E-state index contributed by atoms with van der Waals surface area (Å²) >= 11 is 0. The molecule has 146 valence electrons. The zero-order valence-electron chi connectivity index (χ0n) is 15.5. The first-order valence-electron chi connectivity index (χ1n) is 9.06. The summed E-state index contributed by atoms with van der Waals surface area (Å²) in [5, 5.41) is 11.4. The van der Waals surface area contributed by atoms with Gasteiger partial charge in [-0.15, -0.1) is 0 Å². The van der Waals surface area contributed by atoms with E-state index in [2.05, 4.69) is 10.3 Å². The van der Waals surface area contributed by atoms with Crippen molar-refractivity contribution in [2.75, 3.05) is 18.4 Å². The highest BCUT2D eigenvalue weighted by molar-refractivity contribution is 7.85. The van der Waals surface area contributed by atoms with E-state index in [1.54, 1.807) is 29.2 Å². The molecule has 6 nitrogen and oxygen atoms in total. The number of halogens is 1. The molecule has 1 fully saturated rings. The van der Waals surface area contributed by atoms with Crippen LogP contribution in [0.1, 0.15) is 25.5 Å². The molecule has 28 heavy (non-hydrogen) atoms. The van der Waals surface area contributed by atoms with Crippen LogP contribution in [0.15, 0.2) is 47.5 Å². The molecule has 1 aromatic heterocycles. The van der Waals surface area contributed by atoms with Gasteiger partial charge in [0.1, 0.15) is 17.6 Å². The molecule has 3 rings (SSSR count). The first-order chi connectivity index (χ1) is 13.5. The number of nitriles is 1. The SMILES string of the molecule is CC(C1CCN(C(=O)Nc2ccc(C#N)nc2)CC1)S(=O)c1cccc(F)c1. The fraction of sp³-hybridized carbons (Fsp3) is 0.350. The van der Waals surface area contributed by atoms with Gasteiger partial charge in [-0.25, -0.2) is 14.2 Å². The highest BCUT2D eigenvalue weighted by atomic mass is 32.2. The molecule has 0 radical (unpaired) electrons. The standard InChI is InChI=1S/C20H21FN4O2S/c1-14(28(27)19-4-2-3-16(21)11-19)15-7-9-25(10-8-15)20(26)24-18-6-5-17(12-22)23-13-18/h2-6,11,13-15H,7-10H2,1H3,(H,24,26). The van der Waals surface area contributed by atoms with Crippen molar-refractivity contribution in [3.8, 4) is 6.07 Å². The molecule has 2 aromatic rings. The Morgan fingerprint density at radius 1 is 1.36 bits per heavy atom. The number of likely N-dealkylation sites (tertiary alicyclic amines) is 1. The summed E-state index contributed by atoms with van der Waals surface area (Å²) < 4.78 is 26.1. The Kier molecular flexibility index (Phi) is 6.37. The molecule has 1 aromatic carbocycles. The third kappa shape index (κ3) is 4.73. The van der Waals surface area contributed by atoms with E-state index < -0.39 is 10.8 Å². The Morgan fingerprint density at radius 2 is 2.11 bits per heavy atom. The second-order valence-electron chi connectivity index (χ2n) is 6.76. The van der Waals surface area contributed by atoms with Gasteiger partial charge in [0.05, 0.1) is 22.7 Å². The highest BCUT2D eigenvalue weighted by Gasteiger charge is 2.30. The Balaban J connectivity index is 1.53. The number of carbonyl (C=O) groups is 1. The van der Waals surface area contributed by atoms with Crippen LogP contribution in [0.3, 0.4) is 0 Å². The number of hydrogen-bond acceptors (Lipinski definition) is 4. The van der Waals surface area contributed by atoms with Crippen molar-refractivity contribution in [3.05, 3.63) is 54.1 Å².